The Bertz CT molecular complexity index is 1100. The van der Waals surface area contributed by atoms with Gasteiger partial charge in [0.1, 0.15) is 23.7 Å². The van der Waals surface area contributed by atoms with Gasteiger partial charge < -0.3 is 20.5 Å². The number of aromatic nitrogens is 2. The maximum Gasteiger partial charge on any atom is 0.207 e. The molecule has 4 rings (SSSR count). The number of nitrogens with zero attached hydrogens (tertiary/aromatic N) is 2. The number of benzene rings is 2. The van der Waals surface area contributed by atoms with Crippen LogP contribution in [-0.2, 0) is 0 Å². The lowest BCUT2D eigenvalue weighted by atomic mass is 9.95. The molecule has 0 atom stereocenters. The number of rotatable bonds is 7. The molecule has 2 aromatic carbocycles. The Morgan fingerprint density at radius 2 is 1.78 bits per heavy atom. The maximum atomic E-state index is 14.3. The summed E-state index contributed by atoms with van der Waals surface area (Å²) in [4.78, 5) is 8.44. The molecule has 0 amide bonds. The molecule has 1 aromatic heterocycles. The molecule has 1 saturated carbocycles. The van der Waals surface area contributed by atoms with Gasteiger partial charge in [-0.2, -0.15) is 4.39 Å². The fourth-order valence-electron chi connectivity index (χ4n) is 3.88. The van der Waals surface area contributed by atoms with Crippen LogP contribution in [0, 0.1) is 11.2 Å². The van der Waals surface area contributed by atoms with E-state index < -0.39 is 5.82 Å². The smallest absolute Gasteiger partial charge is 0.207 e. The largest absolute Gasteiger partial charge is 0.494 e. The van der Waals surface area contributed by atoms with Crippen LogP contribution in [0.2, 0.25) is 0 Å². The molecule has 32 heavy (non-hydrogen) atoms. The van der Waals surface area contributed by atoms with Crippen LogP contribution < -0.4 is 20.5 Å². The second-order valence-corrected chi connectivity index (χ2v) is 7.74. The fraction of sp³-hybridized carbons (Fsp3) is 0.292. The average molecular weight is 436 g/mol. The molecule has 0 bridgehead atoms. The summed E-state index contributed by atoms with van der Waals surface area (Å²) in [6.45, 7) is 0. The molecule has 1 fully saturated rings. The van der Waals surface area contributed by atoms with Gasteiger partial charge in [0.2, 0.25) is 5.82 Å². The lowest BCUT2D eigenvalue weighted by Gasteiger charge is -2.24. The average Bonchev–Trinajstić information content (AvgIpc) is 2.81. The lowest BCUT2D eigenvalue weighted by molar-refractivity contribution is 0.368. The highest BCUT2D eigenvalue weighted by molar-refractivity contribution is 6.16. The van der Waals surface area contributed by atoms with Crippen molar-refractivity contribution < 1.29 is 13.9 Å². The number of anilines is 2. The fourth-order valence-corrected chi connectivity index (χ4v) is 3.88. The Balaban J connectivity index is 1.54. The summed E-state index contributed by atoms with van der Waals surface area (Å²) in [6.07, 6.45) is 7.17. The second-order valence-electron chi connectivity index (χ2n) is 7.74. The van der Waals surface area contributed by atoms with Crippen LogP contribution >= 0.6 is 0 Å². The van der Waals surface area contributed by atoms with E-state index in [0.717, 1.165) is 12.8 Å². The molecule has 8 heteroatoms. The van der Waals surface area contributed by atoms with Gasteiger partial charge in [0, 0.05) is 11.6 Å². The van der Waals surface area contributed by atoms with Gasteiger partial charge in [0.25, 0.3) is 0 Å². The number of nitrogens with two attached hydrogens (primary N) is 1. The number of hydrogen-bond donors (Lipinski definition) is 3. The third kappa shape index (κ3) is 4.64. The first-order valence-corrected chi connectivity index (χ1v) is 10.6. The first kappa shape index (κ1) is 21.5. The van der Waals surface area contributed by atoms with Crippen LogP contribution in [0.1, 0.15) is 43.2 Å². The minimum atomic E-state index is -0.570. The predicted molar refractivity (Wildman–Crippen MR) is 122 cm³/mol. The summed E-state index contributed by atoms with van der Waals surface area (Å²) < 4.78 is 25.0. The predicted octanol–water partition coefficient (Wildman–Crippen LogP) is 5.16. The van der Waals surface area contributed by atoms with Gasteiger partial charge in [0.15, 0.2) is 11.5 Å². The molecule has 166 valence electrons. The Kier molecular flexibility index (Phi) is 6.49. The molecule has 1 aliphatic rings. The first-order valence-electron chi connectivity index (χ1n) is 10.6. The highest BCUT2D eigenvalue weighted by atomic mass is 19.1. The van der Waals surface area contributed by atoms with E-state index in [-0.39, 0.29) is 23.0 Å². The van der Waals surface area contributed by atoms with E-state index in [1.807, 2.05) is 0 Å². The van der Waals surface area contributed by atoms with Crippen LogP contribution in [0.5, 0.6) is 17.2 Å². The van der Waals surface area contributed by atoms with E-state index in [2.05, 4.69) is 15.3 Å². The van der Waals surface area contributed by atoms with Gasteiger partial charge >= 0.3 is 0 Å². The molecule has 0 radical (unpaired) electrons. The van der Waals surface area contributed by atoms with Gasteiger partial charge in [-0.25, -0.2) is 9.97 Å². The first-order chi connectivity index (χ1) is 15.6. The van der Waals surface area contributed by atoms with E-state index in [0.29, 0.717) is 28.7 Å². The highest BCUT2D eigenvalue weighted by Crippen LogP contribution is 2.31. The zero-order valence-electron chi connectivity index (χ0n) is 17.9. The minimum absolute atomic E-state index is 0.0619. The van der Waals surface area contributed by atoms with Crippen molar-refractivity contribution >= 4 is 17.3 Å². The van der Waals surface area contributed by atoms with E-state index in [1.165, 1.54) is 44.8 Å². The standard InChI is InChI=1S/C24H26FN5O2/c1-31-18-8-5-9-19(21(18)25)32-17-12-10-15(11-13-17)22(26)20-23(27)28-14-29-24(20)30-16-6-3-2-4-7-16/h5,8-14,16,26H,2-4,6-7H2,1H3,(H3,27,28,29,30). The molecule has 0 saturated heterocycles. The van der Waals surface area contributed by atoms with Gasteiger partial charge in [-0.3, -0.25) is 5.41 Å². The summed E-state index contributed by atoms with van der Waals surface area (Å²) in [5.41, 5.74) is 7.44. The number of nitrogens with one attached hydrogen (secondary N) is 2. The van der Waals surface area contributed by atoms with Crippen molar-refractivity contribution in [3.8, 4) is 17.2 Å². The van der Waals surface area contributed by atoms with Crippen LogP contribution in [0.3, 0.4) is 0 Å². The number of nitrogen functional groups attached to an aromatic ring is 1. The molecular weight excluding hydrogens is 409 g/mol. The van der Waals surface area contributed by atoms with Crippen molar-refractivity contribution in [2.75, 3.05) is 18.2 Å². The molecule has 1 heterocycles. The number of hydrogen-bond acceptors (Lipinski definition) is 7. The SMILES string of the molecule is COc1cccc(Oc2ccc(C(=N)c3c(N)ncnc3NC3CCCCC3)cc2)c1F. The Hall–Kier alpha value is -3.68. The van der Waals surface area contributed by atoms with Gasteiger partial charge in [-0.05, 0) is 49.2 Å². The second kappa shape index (κ2) is 9.64. The van der Waals surface area contributed by atoms with E-state index in [9.17, 15) is 4.39 Å². The Labute approximate surface area is 186 Å². The van der Waals surface area contributed by atoms with Crippen molar-refractivity contribution in [2.24, 2.45) is 0 Å². The van der Waals surface area contributed by atoms with Gasteiger partial charge in [-0.1, -0.05) is 25.3 Å². The molecular formula is C24H26FN5O2. The molecule has 7 nitrogen and oxygen atoms in total. The highest BCUT2D eigenvalue weighted by Gasteiger charge is 2.20. The lowest BCUT2D eigenvalue weighted by Crippen LogP contribution is -2.25. The zero-order chi connectivity index (χ0) is 22.5. The van der Waals surface area contributed by atoms with Crippen LogP contribution in [0.4, 0.5) is 16.0 Å². The van der Waals surface area contributed by atoms with Crippen molar-refractivity contribution in [1.82, 2.24) is 9.97 Å². The summed E-state index contributed by atoms with van der Waals surface area (Å²) >= 11 is 0. The van der Waals surface area contributed by atoms with Gasteiger partial charge in [0.05, 0.1) is 18.4 Å². The molecule has 0 spiro atoms. The molecule has 4 N–H and O–H groups in total. The monoisotopic (exact) mass is 435 g/mol. The van der Waals surface area contributed by atoms with Crippen LogP contribution in [0.25, 0.3) is 0 Å². The summed E-state index contributed by atoms with van der Waals surface area (Å²) in [5, 5.41) is 12.2. The van der Waals surface area contributed by atoms with Gasteiger partial charge in [-0.15, -0.1) is 0 Å². The normalized spacial score (nSPS) is 14.1. The molecule has 0 aliphatic heterocycles. The zero-order valence-corrected chi connectivity index (χ0v) is 17.9. The topological polar surface area (TPSA) is 106 Å². The van der Waals surface area contributed by atoms with Crippen molar-refractivity contribution in [3.05, 3.63) is 65.7 Å². The maximum absolute atomic E-state index is 14.3. The molecule has 3 aromatic rings. The third-order valence-corrected chi connectivity index (χ3v) is 5.59. The van der Waals surface area contributed by atoms with Crippen LogP contribution in [-0.4, -0.2) is 28.8 Å². The Morgan fingerprint density at radius 3 is 2.50 bits per heavy atom. The Morgan fingerprint density at radius 1 is 1.06 bits per heavy atom. The van der Waals surface area contributed by atoms with Crippen molar-refractivity contribution in [3.63, 3.8) is 0 Å². The van der Waals surface area contributed by atoms with E-state index in [4.69, 9.17) is 20.6 Å². The summed E-state index contributed by atoms with van der Waals surface area (Å²) in [7, 11) is 1.40. The molecule has 1 aliphatic carbocycles. The van der Waals surface area contributed by atoms with E-state index >= 15 is 0 Å². The number of halogens is 1. The summed E-state index contributed by atoms with van der Waals surface area (Å²) in [5.74, 6) is 0.867. The third-order valence-electron chi connectivity index (χ3n) is 5.59. The quantitative estimate of drug-likeness (QED) is 0.443. The van der Waals surface area contributed by atoms with Crippen molar-refractivity contribution in [1.29, 1.82) is 5.41 Å². The number of ether oxygens (including phenoxy) is 2. The molecule has 0 unspecified atom stereocenters. The summed E-state index contributed by atoms with van der Waals surface area (Å²) in [6, 6.07) is 11.8. The van der Waals surface area contributed by atoms with Crippen molar-refractivity contribution in [2.45, 2.75) is 38.1 Å². The van der Waals surface area contributed by atoms with E-state index in [1.54, 1.807) is 30.3 Å². The number of methoxy groups -OCH3 is 1. The minimum Gasteiger partial charge on any atom is -0.494 e. The van der Waals surface area contributed by atoms with Crippen LogP contribution in [0.15, 0.2) is 48.8 Å².